The average Bonchev–Trinajstić information content (AvgIpc) is 3.01. The monoisotopic (exact) mass is 315 g/mol. The normalized spacial score (nSPS) is 16.4. The Kier molecular flexibility index (Phi) is 4.01. The summed E-state index contributed by atoms with van der Waals surface area (Å²) >= 11 is 0. The van der Waals surface area contributed by atoms with Crippen LogP contribution >= 0.6 is 0 Å². The van der Waals surface area contributed by atoms with E-state index in [1.54, 1.807) is 44.5 Å². The van der Waals surface area contributed by atoms with Crippen LogP contribution in [0.3, 0.4) is 0 Å². The molecule has 7 nitrogen and oxygen atoms in total. The molecule has 0 saturated heterocycles. The molecule has 0 fully saturated rings. The van der Waals surface area contributed by atoms with E-state index in [0.29, 0.717) is 29.3 Å². The van der Waals surface area contributed by atoms with Crippen LogP contribution in [0.15, 0.2) is 30.5 Å². The lowest BCUT2D eigenvalue weighted by Crippen LogP contribution is -2.39. The summed E-state index contributed by atoms with van der Waals surface area (Å²) in [5.74, 6) is -0.435. The summed E-state index contributed by atoms with van der Waals surface area (Å²) < 4.78 is 11.7. The van der Waals surface area contributed by atoms with E-state index < -0.39 is 5.92 Å². The van der Waals surface area contributed by atoms with E-state index in [1.807, 2.05) is 0 Å². The van der Waals surface area contributed by atoms with Crippen LogP contribution in [0, 0.1) is 0 Å². The second-order valence-electron chi connectivity index (χ2n) is 5.07. The second kappa shape index (κ2) is 6.12. The van der Waals surface area contributed by atoms with Gasteiger partial charge >= 0.3 is 5.97 Å². The number of carbonyl (C=O) groups excluding carboxylic acids is 2. The molecular weight excluding hydrogens is 298 g/mol. The number of hydrogen-bond acceptors (Lipinski definition) is 5. The molecule has 0 aliphatic carbocycles. The number of ether oxygens (including phenoxy) is 2. The number of amides is 1. The molecule has 3 rings (SSSR count). The number of carbonyl (C=O) groups is 2. The highest BCUT2D eigenvalue weighted by Crippen LogP contribution is 2.27. The van der Waals surface area contributed by atoms with Crippen molar-refractivity contribution in [2.45, 2.75) is 12.8 Å². The van der Waals surface area contributed by atoms with Gasteiger partial charge in [-0.15, -0.1) is 0 Å². The average molecular weight is 315 g/mol. The van der Waals surface area contributed by atoms with Crippen molar-refractivity contribution in [3.05, 3.63) is 41.7 Å². The van der Waals surface area contributed by atoms with Gasteiger partial charge in [0.2, 0.25) is 0 Å². The molecule has 1 aromatic carbocycles. The molecule has 1 amide bonds. The largest absolute Gasteiger partial charge is 0.497 e. The van der Waals surface area contributed by atoms with Crippen LogP contribution in [-0.2, 0) is 9.53 Å². The fraction of sp³-hybridized carbons (Fsp3) is 0.312. The molecule has 2 heterocycles. The van der Waals surface area contributed by atoms with Crippen LogP contribution in [-0.4, -0.2) is 41.9 Å². The zero-order valence-electron chi connectivity index (χ0n) is 12.9. The molecule has 0 radical (unpaired) electrons. The van der Waals surface area contributed by atoms with Crippen molar-refractivity contribution >= 4 is 11.9 Å². The second-order valence-corrected chi connectivity index (χ2v) is 5.07. The van der Waals surface area contributed by atoms with Crippen molar-refractivity contribution in [3.63, 3.8) is 0 Å². The first-order valence-corrected chi connectivity index (χ1v) is 7.33. The minimum atomic E-state index is -0.533. The molecule has 1 N–H and O–H groups in total. The van der Waals surface area contributed by atoms with Crippen molar-refractivity contribution in [1.82, 2.24) is 15.1 Å². The van der Waals surface area contributed by atoms with Crippen molar-refractivity contribution < 1.29 is 19.1 Å². The fourth-order valence-electron chi connectivity index (χ4n) is 2.60. The summed E-state index contributed by atoms with van der Waals surface area (Å²) in [7, 11) is 1.59. The molecular formula is C16H17N3O4. The highest BCUT2D eigenvalue weighted by atomic mass is 16.5. The lowest BCUT2D eigenvalue weighted by molar-refractivity contribution is -0.144. The van der Waals surface area contributed by atoms with E-state index in [1.165, 1.54) is 4.68 Å². The molecule has 120 valence electrons. The molecule has 2 aromatic rings. The molecule has 1 aromatic heterocycles. The SMILES string of the molecule is CCOC(=O)C1CNC(=O)c2c1cnn2-c1ccc(OC)cc1. The van der Waals surface area contributed by atoms with Crippen LogP contribution in [0.2, 0.25) is 0 Å². The Hall–Kier alpha value is -2.83. The van der Waals surface area contributed by atoms with Gasteiger partial charge in [0.05, 0.1) is 25.6 Å². The number of nitrogens with one attached hydrogen (secondary N) is 1. The van der Waals surface area contributed by atoms with Crippen LogP contribution in [0.5, 0.6) is 5.75 Å². The summed E-state index contributed by atoms with van der Waals surface area (Å²) in [5.41, 5.74) is 1.66. The highest BCUT2D eigenvalue weighted by Gasteiger charge is 2.35. The first kappa shape index (κ1) is 15.1. The minimum Gasteiger partial charge on any atom is -0.497 e. The van der Waals surface area contributed by atoms with E-state index in [9.17, 15) is 9.59 Å². The topological polar surface area (TPSA) is 82.5 Å². The molecule has 23 heavy (non-hydrogen) atoms. The predicted octanol–water partition coefficient (Wildman–Crippen LogP) is 1.27. The molecule has 0 spiro atoms. The van der Waals surface area contributed by atoms with Crippen LogP contribution in [0.25, 0.3) is 5.69 Å². The Balaban J connectivity index is 2.01. The number of methoxy groups -OCH3 is 1. The molecule has 1 aliphatic rings. The van der Waals surface area contributed by atoms with Crippen molar-refractivity contribution in [2.75, 3.05) is 20.3 Å². The van der Waals surface area contributed by atoms with Gasteiger partial charge in [0, 0.05) is 12.1 Å². The van der Waals surface area contributed by atoms with E-state index in [4.69, 9.17) is 9.47 Å². The number of aromatic nitrogens is 2. The maximum Gasteiger partial charge on any atom is 0.315 e. The van der Waals surface area contributed by atoms with E-state index in [2.05, 4.69) is 10.4 Å². The summed E-state index contributed by atoms with van der Waals surface area (Å²) in [5, 5.41) is 7.00. The first-order valence-electron chi connectivity index (χ1n) is 7.33. The van der Waals surface area contributed by atoms with Gasteiger partial charge in [-0.2, -0.15) is 5.10 Å². The number of esters is 1. The van der Waals surface area contributed by atoms with E-state index in [0.717, 1.165) is 0 Å². The third-order valence-electron chi connectivity index (χ3n) is 3.74. The Morgan fingerprint density at radius 1 is 1.39 bits per heavy atom. The summed E-state index contributed by atoms with van der Waals surface area (Å²) in [6.45, 7) is 2.27. The van der Waals surface area contributed by atoms with Gasteiger partial charge in [-0.1, -0.05) is 0 Å². The number of hydrogen-bond donors (Lipinski definition) is 1. The predicted molar refractivity (Wildman–Crippen MR) is 81.8 cm³/mol. The third kappa shape index (κ3) is 2.65. The molecule has 0 bridgehead atoms. The number of fused-ring (bicyclic) bond motifs is 1. The van der Waals surface area contributed by atoms with E-state index in [-0.39, 0.29) is 18.4 Å². The smallest absolute Gasteiger partial charge is 0.315 e. The Labute approximate surface area is 133 Å². The van der Waals surface area contributed by atoms with Gasteiger partial charge < -0.3 is 14.8 Å². The summed E-state index contributed by atoms with van der Waals surface area (Å²) in [6, 6.07) is 7.17. The Morgan fingerprint density at radius 3 is 2.78 bits per heavy atom. The van der Waals surface area contributed by atoms with Crippen molar-refractivity contribution in [1.29, 1.82) is 0 Å². The molecule has 1 unspecified atom stereocenters. The van der Waals surface area contributed by atoms with Crippen LogP contribution in [0.1, 0.15) is 28.9 Å². The summed E-state index contributed by atoms with van der Waals surface area (Å²) in [4.78, 5) is 24.3. The molecule has 1 atom stereocenters. The van der Waals surface area contributed by atoms with Gasteiger partial charge in [-0.3, -0.25) is 9.59 Å². The van der Waals surface area contributed by atoms with Gasteiger partial charge in [0.15, 0.2) is 0 Å². The van der Waals surface area contributed by atoms with Crippen LogP contribution in [0.4, 0.5) is 0 Å². The standard InChI is InChI=1S/C16H17N3O4/c1-3-23-16(21)13-8-17-15(20)14-12(13)9-18-19(14)10-4-6-11(22-2)7-5-10/h4-7,9,13H,3,8H2,1-2H3,(H,17,20). The highest BCUT2D eigenvalue weighted by molar-refractivity contribution is 5.98. The number of nitrogens with zero attached hydrogens (tertiary/aromatic N) is 2. The van der Waals surface area contributed by atoms with Gasteiger partial charge in [0.25, 0.3) is 5.91 Å². The quantitative estimate of drug-likeness (QED) is 0.859. The fourth-order valence-corrected chi connectivity index (χ4v) is 2.60. The minimum absolute atomic E-state index is 0.221. The Morgan fingerprint density at radius 2 is 2.13 bits per heavy atom. The van der Waals surface area contributed by atoms with Crippen LogP contribution < -0.4 is 10.1 Å². The zero-order chi connectivity index (χ0) is 16.4. The van der Waals surface area contributed by atoms with Gasteiger partial charge in [0.1, 0.15) is 17.4 Å². The molecule has 1 aliphatic heterocycles. The lowest BCUT2D eigenvalue weighted by atomic mass is 9.96. The number of rotatable bonds is 4. The summed E-state index contributed by atoms with van der Waals surface area (Å²) in [6.07, 6.45) is 1.56. The van der Waals surface area contributed by atoms with Crippen molar-refractivity contribution in [2.24, 2.45) is 0 Å². The maximum absolute atomic E-state index is 12.2. The lowest BCUT2D eigenvalue weighted by Gasteiger charge is -2.22. The third-order valence-corrected chi connectivity index (χ3v) is 3.74. The maximum atomic E-state index is 12.2. The van der Waals surface area contributed by atoms with Gasteiger partial charge in [-0.25, -0.2) is 4.68 Å². The first-order chi connectivity index (χ1) is 11.2. The number of benzene rings is 1. The molecule has 0 saturated carbocycles. The Bertz CT molecular complexity index is 736. The van der Waals surface area contributed by atoms with Gasteiger partial charge in [-0.05, 0) is 31.2 Å². The van der Waals surface area contributed by atoms with Crippen molar-refractivity contribution in [3.8, 4) is 11.4 Å². The zero-order valence-corrected chi connectivity index (χ0v) is 12.9. The molecule has 7 heteroatoms. The van der Waals surface area contributed by atoms with E-state index >= 15 is 0 Å².